The highest BCUT2D eigenvalue weighted by atomic mass is 32.1. The highest BCUT2D eigenvalue weighted by Gasteiger charge is 2.14. The minimum Gasteiger partial charge on any atom is -0.378 e. The number of rotatable bonds is 4. The lowest BCUT2D eigenvalue weighted by Gasteiger charge is -2.28. The molecular formula is C13H19N5OS. The second-order valence-corrected chi connectivity index (χ2v) is 4.82. The van der Waals surface area contributed by atoms with Crippen LogP contribution in [0.4, 0.5) is 11.8 Å². The van der Waals surface area contributed by atoms with E-state index < -0.39 is 0 Å². The van der Waals surface area contributed by atoms with E-state index in [0.29, 0.717) is 17.6 Å². The van der Waals surface area contributed by atoms with Crippen molar-refractivity contribution in [3.05, 3.63) is 24.4 Å². The van der Waals surface area contributed by atoms with Crippen molar-refractivity contribution in [2.45, 2.75) is 6.92 Å². The van der Waals surface area contributed by atoms with Crippen molar-refractivity contribution in [1.82, 2.24) is 15.3 Å². The molecule has 0 spiro atoms. The molecule has 108 valence electrons. The van der Waals surface area contributed by atoms with Crippen LogP contribution in [0.25, 0.3) is 0 Å². The molecule has 1 saturated heterocycles. The van der Waals surface area contributed by atoms with Crippen molar-refractivity contribution in [2.75, 3.05) is 43.1 Å². The molecule has 0 bridgehead atoms. The number of anilines is 2. The van der Waals surface area contributed by atoms with Gasteiger partial charge in [-0.05, 0) is 19.1 Å². The van der Waals surface area contributed by atoms with E-state index in [1.54, 1.807) is 6.08 Å². The molecule has 1 aromatic rings. The van der Waals surface area contributed by atoms with Gasteiger partial charge in [0.1, 0.15) is 5.82 Å². The predicted octanol–water partition coefficient (Wildman–Crippen LogP) is 1.09. The summed E-state index contributed by atoms with van der Waals surface area (Å²) in [5.41, 5.74) is 0.899. The third-order valence-corrected chi connectivity index (χ3v) is 3.05. The van der Waals surface area contributed by atoms with E-state index in [-0.39, 0.29) is 0 Å². The molecule has 0 amide bonds. The second kappa shape index (κ2) is 7.16. The minimum atomic E-state index is 0.489. The summed E-state index contributed by atoms with van der Waals surface area (Å²) in [5, 5.41) is 6.47. The number of hydrogen-bond acceptors (Lipinski definition) is 5. The van der Waals surface area contributed by atoms with Crippen LogP contribution in [0.2, 0.25) is 0 Å². The summed E-state index contributed by atoms with van der Waals surface area (Å²) in [6, 6.07) is 1.97. The number of hydrogen-bond donors (Lipinski definition) is 2. The van der Waals surface area contributed by atoms with Gasteiger partial charge in [0, 0.05) is 31.4 Å². The smallest absolute Gasteiger partial charge is 0.231 e. The van der Waals surface area contributed by atoms with Gasteiger partial charge in [0.25, 0.3) is 0 Å². The first kappa shape index (κ1) is 14.7. The highest BCUT2D eigenvalue weighted by molar-refractivity contribution is 7.80. The molecule has 0 radical (unpaired) electrons. The second-order valence-electron chi connectivity index (χ2n) is 4.41. The van der Waals surface area contributed by atoms with Gasteiger partial charge in [-0.2, -0.15) is 4.98 Å². The van der Waals surface area contributed by atoms with Crippen LogP contribution < -0.4 is 15.5 Å². The zero-order valence-electron chi connectivity index (χ0n) is 11.6. The van der Waals surface area contributed by atoms with Crippen molar-refractivity contribution in [3.8, 4) is 0 Å². The standard InChI is InChI=1S/C13H19N5OS/c1-3-4-14-13(20)17-12-15-10(2)9-11(16-12)18-5-7-19-8-6-18/h3,9H,1,4-8H2,2H3,(H2,14,15,16,17,20). The quantitative estimate of drug-likeness (QED) is 0.636. The van der Waals surface area contributed by atoms with Gasteiger partial charge in [-0.25, -0.2) is 4.98 Å². The van der Waals surface area contributed by atoms with Crippen molar-refractivity contribution >= 4 is 29.1 Å². The number of aryl methyl sites for hydroxylation is 1. The molecule has 2 heterocycles. The fraction of sp³-hybridized carbons (Fsp3) is 0.462. The molecule has 7 heteroatoms. The normalized spacial score (nSPS) is 14.8. The highest BCUT2D eigenvalue weighted by Crippen LogP contribution is 2.16. The number of thiocarbonyl (C=S) groups is 1. The number of nitrogens with zero attached hydrogens (tertiary/aromatic N) is 3. The van der Waals surface area contributed by atoms with Crippen molar-refractivity contribution in [3.63, 3.8) is 0 Å². The summed E-state index contributed by atoms with van der Waals surface area (Å²) >= 11 is 5.16. The molecule has 0 aromatic carbocycles. The summed E-state index contributed by atoms with van der Waals surface area (Å²) in [6.07, 6.45) is 1.74. The Balaban J connectivity index is 2.07. The van der Waals surface area contributed by atoms with Gasteiger partial charge in [0.15, 0.2) is 5.11 Å². The lowest BCUT2D eigenvalue weighted by molar-refractivity contribution is 0.122. The molecule has 1 fully saturated rings. The largest absolute Gasteiger partial charge is 0.378 e. The molecule has 20 heavy (non-hydrogen) atoms. The van der Waals surface area contributed by atoms with Gasteiger partial charge in [-0.3, -0.25) is 0 Å². The molecule has 0 saturated carbocycles. The van der Waals surface area contributed by atoms with Crippen LogP contribution in [-0.4, -0.2) is 47.9 Å². The van der Waals surface area contributed by atoms with Gasteiger partial charge in [0.2, 0.25) is 5.95 Å². The predicted molar refractivity (Wildman–Crippen MR) is 84.2 cm³/mol. The van der Waals surface area contributed by atoms with E-state index in [1.165, 1.54) is 0 Å². The summed E-state index contributed by atoms with van der Waals surface area (Å²) in [5.74, 6) is 1.41. The summed E-state index contributed by atoms with van der Waals surface area (Å²) in [4.78, 5) is 11.0. The Bertz CT molecular complexity index is 488. The Hall–Kier alpha value is -1.73. The van der Waals surface area contributed by atoms with Gasteiger partial charge in [-0.1, -0.05) is 6.08 Å². The fourth-order valence-electron chi connectivity index (χ4n) is 1.87. The third kappa shape index (κ3) is 4.14. The van der Waals surface area contributed by atoms with E-state index >= 15 is 0 Å². The van der Waals surface area contributed by atoms with E-state index in [2.05, 4.69) is 32.1 Å². The maximum absolute atomic E-state index is 5.35. The molecular weight excluding hydrogens is 274 g/mol. The Morgan fingerprint density at radius 2 is 2.25 bits per heavy atom. The summed E-state index contributed by atoms with van der Waals surface area (Å²) < 4.78 is 5.35. The first-order valence-corrected chi connectivity index (χ1v) is 6.94. The zero-order valence-corrected chi connectivity index (χ0v) is 12.4. The molecule has 2 rings (SSSR count). The molecule has 6 nitrogen and oxygen atoms in total. The maximum Gasteiger partial charge on any atom is 0.231 e. The molecule has 1 aliphatic rings. The van der Waals surface area contributed by atoms with Crippen LogP contribution in [0.1, 0.15) is 5.69 Å². The zero-order chi connectivity index (χ0) is 14.4. The topological polar surface area (TPSA) is 62.3 Å². The van der Waals surface area contributed by atoms with Crippen LogP contribution >= 0.6 is 12.2 Å². The van der Waals surface area contributed by atoms with Crippen molar-refractivity contribution in [1.29, 1.82) is 0 Å². The van der Waals surface area contributed by atoms with E-state index in [0.717, 1.165) is 37.8 Å². The SMILES string of the molecule is C=CCNC(=S)Nc1nc(C)cc(N2CCOCC2)n1. The lowest BCUT2D eigenvalue weighted by atomic mass is 10.3. The number of morpholine rings is 1. The fourth-order valence-corrected chi connectivity index (χ4v) is 2.05. The van der Waals surface area contributed by atoms with Gasteiger partial charge < -0.3 is 20.3 Å². The Labute approximate surface area is 124 Å². The van der Waals surface area contributed by atoms with Crippen LogP contribution in [0.3, 0.4) is 0 Å². The van der Waals surface area contributed by atoms with Crippen LogP contribution in [0.5, 0.6) is 0 Å². The summed E-state index contributed by atoms with van der Waals surface area (Å²) in [7, 11) is 0. The van der Waals surface area contributed by atoms with Gasteiger partial charge in [-0.15, -0.1) is 6.58 Å². The Morgan fingerprint density at radius 3 is 2.95 bits per heavy atom. The lowest BCUT2D eigenvalue weighted by Crippen LogP contribution is -2.37. The first-order valence-electron chi connectivity index (χ1n) is 6.53. The van der Waals surface area contributed by atoms with Crippen molar-refractivity contribution in [2.24, 2.45) is 0 Å². The van der Waals surface area contributed by atoms with E-state index in [4.69, 9.17) is 17.0 Å². The maximum atomic E-state index is 5.35. The van der Waals surface area contributed by atoms with Crippen LogP contribution in [-0.2, 0) is 4.74 Å². The molecule has 1 aliphatic heterocycles. The molecule has 1 aromatic heterocycles. The van der Waals surface area contributed by atoms with Gasteiger partial charge in [0.05, 0.1) is 13.2 Å². The van der Waals surface area contributed by atoms with Gasteiger partial charge >= 0.3 is 0 Å². The van der Waals surface area contributed by atoms with Crippen molar-refractivity contribution < 1.29 is 4.74 Å². The third-order valence-electron chi connectivity index (χ3n) is 2.81. The minimum absolute atomic E-state index is 0.489. The first-order chi connectivity index (χ1) is 9.69. The number of ether oxygens (including phenoxy) is 1. The molecule has 0 aliphatic carbocycles. The Morgan fingerprint density at radius 1 is 1.50 bits per heavy atom. The summed E-state index contributed by atoms with van der Waals surface area (Å²) in [6.45, 7) is 9.32. The van der Waals surface area contributed by atoms with Crippen LogP contribution in [0, 0.1) is 6.92 Å². The molecule has 0 atom stereocenters. The average Bonchev–Trinajstić information content (AvgIpc) is 2.45. The Kier molecular flexibility index (Phi) is 5.25. The number of nitrogens with one attached hydrogen (secondary N) is 2. The monoisotopic (exact) mass is 293 g/mol. The van der Waals surface area contributed by atoms with E-state index in [1.807, 2.05) is 13.0 Å². The number of aromatic nitrogens is 2. The van der Waals surface area contributed by atoms with E-state index in [9.17, 15) is 0 Å². The molecule has 2 N–H and O–H groups in total. The molecule has 0 unspecified atom stereocenters. The average molecular weight is 293 g/mol. The van der Waals surface area contributed by atoms with Crippen LogP contribution in [0.15, 0.2) is 18.7 Å².